The standard InChI is InChI=1S/C17H21BrN2O2/c1-13(2)17(22)20-11-9-19(10-12-20)16(21)8-7-14-5-3-4-6-15(14)18/h3-8,13H,9-12H2,1-2H3/b8-7+. The zero-order chi connectivity index (χ0) is 16.1. The Kier molecular flexibility index (Phi) is 5.77. The van der Waals surface area contributed by atoms with Gasteiger partial charge in [-0.15, -0.1) is 0 Å². The third-order valence-electron chi connectivity index (χ3n) is 3.71. The first-order valence-electron chi connectivity index (χ1n) is 7.49. The lowest BCUT2D eigenvalue weighted by Crippen LogP contribution is -2.51. The van der Waals surface area contributed by atoms with E-state index in [4.69, 9.17) is 0 Å². The van der Waals surface area contributed by atoms with Crippen molar-refractivity contribution in [3.05, 3.63) is 40.4 Å². The summed E-state index contributed by atoms with van der Waals surface area (Å²) in [5.41, 5.74) is 0.976. The fraction of sp³-hybridized carbons (Fsp3) is 0.412. The van der Waals surface area contributed by atoms with Crippen LogP contribution in [0.3, 0.4) is 0 Å². The molecule has 0 N–H and O–H groups in total. The molecule has 5 heteroatoms. The largest absolute Gasteiger partial charge is 0.339 e. The summed E-state index contributed by atoms with van der Waals surface area (Å²) in [4.78, 5) is 27.8. The van der Waals surface area contributed by atoms with Gasteiger partial charge in [0.1, 0.15) is 0 Å². The quantitative estimate of drug-likeness (QED) is 0.773. The van der Waals surface area contributed by atoms with E-state index < -0.39 is 0 Å². The predicted octanol–water partition coefficient (Wildman–Crippen LogP) is 2.79. The van der Waals surface area contributed by atoms with Crippen molar-refractivity contribution in [2.24, 2.45) is 5.92 Å². The molecule has 0 aromatic heterocycles. The number of amides is 2. The van der Waals surface area contributed by atoms with Crippen LogP contribution in [0.15, 0.2) is 34.8 Å². The number of carbonyl (C=O) groups excluding carboxylic acids is 2. The van der Waals surface area contributed by atoms with E-state index in [0.29, 0.717) is 26.2 Å². The molecule has 1 aliphatic heterocycles. The second-order valence-electron chi connectivity index (χ2n) is 5.66. The molecule has 1 heterocycles. The molecule has 0 unspecified atom stereocenters. The number of rotatable bonds is 3. The first-order valence-corrected chi connectivity index (χ1v) is 8.28. The molecule has 0 atom stereocenters. The highest BCUT2D eigenvalue weighted by Gasteiger charge is 2.24. The summed E-state index contributed by atoms with van der Waals surface area (Å²) in [6.07, 6.45) is 3.41. The van der Waals surface area contributed by atoms with Crippen molar-refractivity contribution < 1.29 is 9.59 Å². The Labute approximate surface area is 139 Å². The first-order chi connectivity index (χ1) is 10.5. The fourth-order valence-electron chi connectivity index (χ4n) is 2.39. The molecule has 1 fully saturated rings. The van der Waals surface area contributed by atoms with Gasteiger partial charge in [-0.1, -0.05) is 48.0 Å². The Morgan fingerprint density at radius 2 is 1.68 bits per heavy atom. The fourth-order valence-corrected chi connectivity index (χ4v) is 2.81. The van der Waals surface area contributed by atoms with Gasteiger partial charge in [0.15, 0.2) is 0 Å². The molecule has 0 saturated carbocycles. The van der Waals surface area contributed by atoms with Gasteiger partial charge >= 0.3 is 0 Å². The zero-order valence-corrected chi connectivity index (χ0v) is 14.5. The molecule has 1 aromatic carbocycles. The van der Waals surface area contributed by atoms with Crippen LogP contribution in [-0.2, 0) is 9.59 Å². The number of carbonyl (C=O) groups is 2. The number of hydrogen-bond donors (Lipinski definition) is 0. The van der Waals surface area contributed by atoms with Crippen LogP contribution in [0.2, 0.25) is 0 Å². The lowest BCUT2D eigenvalue weighted by Gasteiger charge is -2.35. The van der Waals surface area contributed by atoms with Crippen molar-refractivity contribution in [1.29, 1.82) is 0 Å². The SMILES string of the molecule is CC(C)C(=O)N1CCN(C(=O)/C=C/c2ccccc2Br)CC1. The first kappa shape index (κ1) is 16.7. The van der Waals surface area contributed by atoms with Crippen LogP contribution in [0.25, 0.3) is 6.08 Å². The second-order valence-corrected chi connectivity index (χ2v) is 6.51. The van der Waals surface area contributed by atoms with Crippen molar-refractivity contribution in [3.63, 3.8) is 0 Å². The molecule has 118 valence electrons. The topological polar surface area (TPSA) is 40.6 Å². The molecule has 1 saturated heterocycles. The van der Waals surface area contributed by atoms with Crippen molar-refractivity contribution in [1.82, 2.24) is 9.80 Å². The maximum atomic E-state index is 12.2. The van der Waals surface area contributed by atoms with Gasteiger partial charge in [0.25, 0.3) is 0 Å². The normalized spacial score (nSPS) is 15.6. The van der Waals surface area contributed by atoms with Crippen LogP contribution < -0.4 is 0 Å². The van der Waals surface area contributed by atoms with Gasteiger partial charge in [-0.3, -0.25) is 9.59 Å². The van der Waals surface area contributed by atoms with E-state index in [1.165, 1.54) is 0 Å². The Morgan fingerprint density at radius 1 is 1.09 bits per heavy atom. The summed E-state index contributed by atoms with van der Waals surface area (Å²) in [5.74, 6) is 0.167. The van der Waals surface area contributed by atoms with Crippen LogP contribution in [-0.4, -0.2) is 47.8 Å². The summed E-state index contributed by atoms with van der Waals surface area (Å²) in [6.45, 7) is 6.23. The molecule has 22 heavy (non-hydrogen) atoms. The third kappa shape index (κ3) is 4.19. The minimum Gasteiger partial charge on any atom is -0.339 e. The molecule has 1 aliphatic rings. The summed E-state index contributed by atoms with van der Waals surface area (Å²) >= 11 is 3.46. The van der Waals surface area contributed by atoms with Crippen LogP contribution in [0, 0.1) is 5.92 Å². The van der Waals surface area contributed by atoms with Crippen LogP contribution in [0.1, 0.15) is 19.4 Å². The molecule has 0 spiro atoms. The average Bonchev–Trinajstić information content (AvgIpc) is 2.53. The molecule has 0 radical (unpaired) electrons. The van der Waals surface area contributed by atoms with Crippen LogP contribution >= 0.6 is 15.9 Å². The van der Waals surface area contributed by atoms with E-state index in [-0.39, 0.29) is 17.7 Å². The maximum Gasteiger partial charge on any atom is 0.246 e. The predicted molar refractivity (Wildman–Crippen MR) is 91.2 cm³/mol. The van der Waals surface area contributed by atoms with E-state index in [1.807, 2.05) is 49.1 Å². The van der Waals surface area contributed by atoms with Gasteiger partial charge in [0, 0.05) is 42.6 Å². The Morgan fingerprint density at radius 3 is 2.27 bits per heavy atom. The van der Waals surface area contributed by atoms with Gasteiger partial charge in [0.2, 0.25) is 11.8 Å². The molecule has 4 nitrogen and oxygen atoms in total. The number of benzene rings is 1. The van der Waals surface area contributed by atoms with E-state index in [1.54, 1.807) is 11.0 Å². The van der Waals surface area contributed by atoms with Crippen LogP contribution in [0.4, 0.5) is 0 Å². The van der Waals surface area contributed by atoms with Crippen molar-refractivity contribution in [3.8, 4) is 0 Å². The number of piperazine rings is 1. The molecule has 0 aliphatic carbocycles. The zero-order valence-electron chi connectivity index (χ0n) is 13.0. The highest BCUT2D eigenvalue weighted by atomic mass is 79.9. The monoisotopic (exact) mass is 364 g/mol. The van der Waals surface area contributed by atoms with E-state index >= 15 is 0 Å². The molecule has 2 rings (SSSR count). The van der Waals surface area contributed by atoms with Crippen molar-refractivity contribution in [2.75, 3.05) is 26.2 Å². The Bertz CT molecular complexity index is 576. The van der Waals surface area contributed by atoms with E-state index in [2.05, 4.69) is 15.9 Å². The lowest BCUT2D eigenvalue weighted by atomic mass is 10.1. The minimum atomic E-state index is -0.00704. The summed E-state index contributed by atoms with van der Waals surface area (Å²) in [6, 6.07) is 7.77. The number of nitrogens with zero attached hydrogens (tertiary/aromatic N) is 2. The van der Waals surface area contributed by atoms with Gasteiger partial charge in [-0.25, -0.2) is 0 Å². The Balaban J connectivity index is 1.90. The lowest BCUT2D eigenvalue weighted by molar-refractivity contribution is -0.139. The van der Waals surface area contributed by atoms with Crippen LogP contribution in [0.5, 0.6) is 0 Å². The highest BCUT2D eigenvalue weighted by molar-refractivity contribution is 9.10. The molecular formula is C17H21BrN2O2. The van der Waals surface area contributed by atoms with Gasteiger partial charge in [-0.2, -0.15) is 0 Å². The molecule has 2 amide bonds. The van der Waals surface area contributed by atoms with Crippen molar-refractivity contribution in [2.45, 2.75) is 13.8 Å². The van der Waals surface area contributed by atoms with Crippen molar-refractivity contribution >= 4 is 33.8 Å². The van der Waals surface area contributed by atoms with Gasteiger partial charge in [0.05, 0.1) is 0 Å². The maximum absolute atomic E-state index is 12.2. The highest BCUT2D eigenvalue weighted by Crippen LogP contribution is 2.17. The molecule has 0 bridgehead atoms. The van der Waals surface area contributed by atoms with Gasteiger partial charge in [-0.05, 0) is 17.7 Å². The summed E-state index contributed by atoms with van der Waals surface area (Å²) in [5, 5.41) is 0. The minimum absolute atomic E-state index is 0.00704. The smallest absolute Gasteiger partial charge is 0.246 e. The summed E-state index contributed by atoms with van der Waals surface area (Å²) in [7, 11) is 0. The molecular weight excluding hydrogens is 344 g/mol. The molecule has 1 aromatic rings. The Hall–Kier alpha value is -1.62. The van der Waals surface area contributed by atoms with Gasteiger partial charge < -0.3 is 9.80 Å². The van der Waals surface area contributed by atoms with E-state index in [9.17, 15) is 9.59 Å². The summed E-state index contributed by atoms with van der Waals surface area (Å²) < 4.78 is 0.964. The third-order valence-corrected chi connectivity index (χ3v) is 4.43. The second kappa shape index (κ2) is 7.58. The number of hydrogen-bond acceptors (Lipinski definition) is 2. The average molecular weight is 365 g/mol. The van der Waals surface area contributed by atoms with E-state index in [0.717, 1.165) is 10.0 Å². The number of halogens is 1.